The third-order valence-corrected chi connectivity index (χ3v) is 3.10. The average molecular weight is 347 g/mol. The zero-order chi connectivity index (χ0) is 15.1. The molecule has 0 fully saturated rings. The summed E-state index contributed by atoms with van der Waals surface area (Å²) in [7, 11) is 0. The molecule has 1 amide bonds. The van der Waals surface area contributed by atoms with Gasteiger partial charge >= 0.3 is 0 Å². The van der Waals surface area contributed by atoms with Gasteiger partial charge in [0, 0.05) is 4.47 Å². The van der Waals surface area contributed by atoms with Gasteiger partial charge in [-0.3, -0.25) is 4.79 Å². The summed E-state index contributed by atoms with van der Waals surface area (Å²) in [6.45, 7) is 1.90. The molecule has 2 aromatic carbocycles. The van der Waals surface area contributed by atoms with Crippen molar-refractivity contribution in [1.29, 1.82) is 0 Å². The van der Waals surface area contributed by atoms with Crippen LogP contribution in [-0.2, 0) is 4.79 Å². The zero-order valence-electron chi connectivity index (χ0n) is 11.5. The van der Waals surface area contributed by atoms with E-state index in [1.165, 1.54) is 0 Å². The normalized spacial score (nSPS) is 10.6. The number of hydrogen-bond donors (Lipinski definition) is 1. The summed E-state index contributed by atoms with van der Waals surface area (Å²) in [6.07, 6.45) is 1.58. The first-order valence-corrected chi connectivity index (χ1v) is 7.20. The summed E-state index contributed by atoms with van der Waals surface area (Å²) in [4.78, 5) is 11.6. The fourth-order valence-corrected chi connectivity index (χ4v) is 2.07. The molecule has 2 rings (SSSR count). The minimum Gasteiger partial charge on any atom is -0.484 e. The Morgan fingerprint density at radius 3 is 2.86 bits per heavy atom. The number of hydrogen-bond acceptors (Lipinski definition) is 3. The summed E-state index contributed by atoms with van der Waals surface area (Å²) in [5.74, 6) is 0.365. The number of aryl methyl sites for hydroxylation is 1. The van der Waals surface area contributed by atoms with E-state index in [2.05, 4.69) is 26.5 Å². The van der Waals surface area contributed by atoms with E-state index in [0.717, 1.165) is 15.6 Å². The van der Waals surface area contributed by atoms with Crippen molar-refractivity contribution in [2.45, 2.75) is 6.92 Å². The third kappa shape index (κ3) is 5.39. The molecule has 5 heteroatoms. The van der Waals surface area contributed by atoms with Crippen LogP contribution < -0.4 is 10.2 Å². The maximum Gasteiger partial charge on any atom is 0.277 e. The van der Waals surface area contributed by atoms with Gasteiger partial charge in [0.2, 0.25) is 0 Å². The van der Waals surface area contributed by atoms with Crippen molar-refractivity contribution >= 4 is 28.1 Å². The monoisotopic (exact) mass is 346 g/mol. The lowest BCUT2D eigenvalue weighted by Gasteiger charge is -2.05. The largest absolute Gasteiger partial charge is 0.484 e. The number of halogens is 1. The van der Waals surface area contributed by atoms with Crippen LogP contribution in [0.15, 0.2) is 58.1 Å². The predicted molar refractivity (Wildman–Crippen MR) is 86.6 cm³/mol. The van der Waals surface area contributed by atoms with Gasteiger partial charge in [-0.05, 0) is 42.3 Å². The molecule has 2 aromatic rings. The molecule has 108 valence electrons. The Bertz CT molecular complexity index is 656. The fourth-order valence-electron chi connectivity index (χ4n) is 1.65. The lowest BCUT2D eigenvalue weighted by atomic mass is 10.2. The van der Waals surface area contributed by atoms with Crippen molar-refractivity contribution in [3.8, 4) is 5.75 Å². The molecule has 0 unspecified atom stereocenters. The number of nitrogens with zero attached hydrogens (tertiary/aromatic N) is 1. The van der Waals surface area contributed by atoms with Crippen LogP contribution in [0.25, 0.3) is 0 Å². The van der Waals surface area contributed by atoms with E-state index in [9.17, 15) is 4.79 Å². The number of ether oxygens (including phenoxy) is 1. The highest BCUT2D eigenvalue weighted by Crippen LogP contribution is 2.12. The van der Waals surface area contributed by atoms with Gasteiger partial charge in [-0.15, -0.1) is 0 Å². The highest BCUT2D eigenvalue weighted by molar-refractivity contribution is 9.10. The van der Waals surface area contributed by atoms with Gasteiger partial charge in [0.25, 0.3) is 5.91 Å². The summed E-state index contributed by atoms with van der Waals surface area (Å²) < 4.78 is 6.34. The number of amides is 1. The molecular weight excluding hydrogens is 332 g/mol. The van der Waals surface area contributed by atoms with Crippen molar-refractivity contribution < 1.29 is 9.53 Å². The van der Waals surface area contributed by atoms with E-state index >= 15 is 0 Å². The molecule has 0 radical (unpaired) electrons. The Labute approximate surface area is 132 Å². The molecular formula is C16H15BrN2O2. The van der Waals surface area contributed by atoms with Crippen LogP contribution in [0, 0.1) is 6.92 Å². The molecule has 0 saturated carbocycles. The first-order valence-electron chi connectivity index (χ1n) is 6.40. The predicted octanol–water partition coefficient (Wildman–Crippen LogP) is 3.29. The number of rotatable bonds is 5. The molecule has 0 atom stereocenters. The van der Waals surface area contributed by atoms with E-state index in [1.54, 1.807) is 6.21 Å². The SMILES string of the molecule is Cc1cccc(OCC(=O)N/N=C/c2cccc(Br)c2)c1. The molecule has 0 aliphatic carbocycles. The molecule has 0 saturated heterocycles. The van der Waals surface area contributed by atoms with Crippen molar-refractivity contribution in [1.82, 2.24) is 5.43 Å². The van der Waals surface area contributed by atoms with E-state index in [0.29, 0.717) is 5.75 Å². The molecule has 1 N–H and O–H groups in total. The maximum atomic E-state index is 11.6. The Hall–Kier alpha value is -2.14. The number of nitrogens with one attached hydrogen (secondary N) is 1. The van der Waals surface area contributed by atoms with Crippen molar-refractivity contribution in [3.63, 3.8) is 0 Å². The Balaban J connectivity index is 1.80. The van der Waals surface area contributed by atoms with E-state index < -0.39 is 0 Å². The summed E-state index contributed by atoms with van der Waals surface area (Å²) >= 11 is 3.37. The van der Waals surface area contributed by atoms with Gasteiger partial charge in [-0.1, -0.05) is 40.2 Å². The smallest absolute Gasteiger partial charge is 0.277 e. The van der Waals surface area contributed by atoms with Gasteiger partial charge in [0.15, 0.2) is 6.61 Å². The molecule has 0 aliphatic rings. The van der Waals surface area contributed by atoms with Crippen molar-refractivity contribution in [3.05, 3.63) is 64.1 Å². The van der Waals surface area contributed by atoms with Crippen LogP contribution in [0.1, 0.15) is 11.1 Å². The van der Waals surface area contributed by atoms with Crippen LogP contribution in [0.5, 0.6) is 5.75 Å². The summed E-state index contributed by atoms with van der Waals surface area (Å²) in [6, 6.07) is 15.1. The van der Waals surface area contributed by atoms with Gasteiger partial charge < -0.3 is 4.74 Å². The topological polar surface area (TPSA) is 50.7 Å². The van der Waals surface area contributed by atoms with Crippen LogP contribution >= 0.6 is 15.9 Å². The third-order valence-electron chi connectivity index (χ3n) is 2.61. The quantitative estimate of drug-likeness (QED) is 0.667. The highest BCUT2D eigenvalue weighted by Gasteiger charge is 2.01. The standard InChI is InChI=1S/C16H15BrN2O2/c1-12-4-2-7-15(8-12)21-11-16(20)19-18-10-13-5-3-6-14(17)9-13/h2-10H,11H2,1H3,(H,19,20)/b18-10+. The molecule has 4 nitrogen and oxygen atoms in total. The Morgan fingerprint density at radius 2 is 2.10 bits per heavy atom. The minimum atomic E-state index is -0.303. The second kappa shape index (κ2) is 7.59. The van der Waals surface area contributed by atoms with Crippen LogP contribution in [0.4, 0.5) is 0 Å². The lowest BCUT2D eigenvalue weighted by Crippen LogP contribution is -2.24. The van der Waals surface area contributed by atoms with Crippen LogP contribution in [-0.4, -0.2) is 18.7 Å². The second-order valence-corrected chi connectivity index (χ2v) is 5.37. The van der Waals surface area contributed by atoms with Gasteiger partial charge in [-0.25, -0.2) is 5.43 Å². The summed E-state index contributed by atoms with van der Waals surface area (Å²) in [5, 5.41) is 3.89. The van der Waals surface area contributed by atoms with Crippen LogP contribution in [0.2, 0.25) is 0 Å². The van der Waals surface area contributed by atoms with Crippen LogP contribution in [0.3, 0.4) is 0 Å². The maximum absolute atomic E-state index is 11.6. The molecule has 0 aliphatic heterocycles. The van der Waals surface area contributed by atoms with Gasteiger partial charge in [0.05, 0.1) is 6.21 Å². The first-order chi connectivity index (χ1) is 10.1. The van der Waals surface area contributed by atoms with E-state index in [1.807, 2.05) is 55.5 Å². The number of hydrazone groups is 1. The average Bonchev–Trinajstić information content (AvgIpc) is 2.45. The zero-order valence-corrected chi connectivity index (χ0v) is 13.1. The molecule has 0 bridgehead atoms. The second-order valence-electron chi connectivity index (χ2n) is 4.45. The number of carbonyl (C=O) groups excluding carboxylic acids is 1. The molecule has 0 heterocycles. The fraction of sp³-hybridized carbons (Fsp3) is 0.125. The van der Waals surface area contributed by atoms with Crippen molar-refractivity contribution in [2.24, 2.45) is 5.10 Å². The number of carbonyl (C=O) groups is 1. The molecule has 0 aromatic heterocycles. The summed E-state index contributed by atoms with van der Waals surface area (Å²) in [5.41, 5.74) is 4.40. The Kier molecular flexibility index (Phi) is 5.51. The van der Waals surface area contributed by atoms with E-state index in [4.69, 9.17) is 4.74 Å². The van der Waals surface area contributed by atoms with Gasteiger partial charge in [0.1, 0.15) is 5.75 Å². The van der Waals surface area contributed by atoms with Crippen molar-refractivity contribution in [2.75, 3.05) is 6.61 Å². The van der Waals surface area contributed by atoms with Gasteiger partial charge in [-0.2, -0.15) is 5.10 Å². The lowest BCUT2D eigenvalue weighted by molar-refractivity contribution is -0.123. The minimum absolute atomic E-state index is 0.0702. The van der Waals surface area contributed by atoms with E-state index in [-0.39, 0.29) is 12.5 Å². The molecule has 21 heavy (non-hydrogen) atoms. The molecule has 0 spiro atoms. The first kappa shape index (κ1) is 15.3. The Morgan fingerprint density at radius 1 is 1.29 bits per heavy atom. The highest BCUT2D eigenvalue weighted by atomic mass is 79.9. The number of benzene rings is 2.